The maximum Gasteiger partial charge on any atom is 0.205 e. The molecule has 0 aliphatic carbocycles. The third-order valence-corrected chi connectivity index (χ3v) is 5.41. The second-order valence-corrected chi connectivity index (χ2v) is 8.00. The maximum absolute atomic E-state index is 4.54. The van der Waals surface area contributed by atoms with E-state index in [0.29, 0.717) is 5.82 Å². The number of fused-ring (bicyclic) bond motifs is 1. The number of tetrazole rings is 1. The Morgan fingerprint density at radius 2 is 2.03 bits per heavy atom. The van der Waals surface area contributed by atoms with Crippen molar-refractivity contribution in [3.05, 3.63) is 48.4 Å². The predicted octanol–water partition coefficient (Wildman–Crippen LogP) is 2.11. The Morgan fingerprint density at radius 3 is 2.84 bits per heavy atom. The molecule has 1 fully saturated rings. The van der Waals surface area contributed by atoms with Crippen LogP contribution < -0.4 is 10.6 Å². The number of rotatable bonds is 6. The number of piperazine rings is 1. The van der Waals surface area contributed by atoms with Crippen molar-refractivity contribution >= 4 is 17.0 Å². The molecule has 1 aliphatic heterocycles. The smallest absolute Gasteiger partial charge is 0.205 e. The first-order valence-electron chi connectivity index (χ1n) is 10.6. The van der Waals surface area contributed by atoms with Gasteiger partial charge in [-0.1, -0.05) is 12.1 Å². The number of hydrogen-bond acceptors (Lipinski definition) is 8. The molecule has 10 heteroatoms. The van der Waals surface area contributed by atoms with Crippen LogP contribution in [-0.4, -0.2) is 65.9 Å². The molecule has 4 heterocycles. The molecule has 1 aromatic carbocycles. The lowest BCUT2D eigenvalue weighted by atomic mass is 10.2. The average Bonchev–Trinajstić information content (AvgIpc) is 3.43. The van der Waals surface area contributed by atoms with Crippen LogP contribution in [0.1, 0.15) is 25.5 Å². The normalized spacial score (nSPS) is 15.1. The second kappa shape index (κ2) is 8.40. The Kier molecular flexibility index (Phi) is 5.31. The average molecular weight is 419 g/mol. The van der Waals surface area contributed by atoms with Crippen molar-refractivity contribution < 1.29 is 0 Å². The van der Waals surface area contributed by atoms with Crippen molar-refractivity contribution in [1.82, 2.24) is 45.0 Å². The molecule has 0 saturated carbocycles. The molecule has 0 spiro atoms. The van der Waals surface area contributed by atoms with Gasteiger partial charge in [-0.2, -0.15) is 9.90 Å². The van der Waals surface area contributed by atoms with Crippen molar-refractivity contribution in [2.24, 2.45) is 0 Å². The summed E-state index contributed by atoms with van der Waals surface area (Å²) in [5, 5.41) is 24.0. The fourth-order valence-corrected chi connectivity index (χ4v) is 3.78. The summed E-state index contributed by atoms with van der Waals surface area (Å²) in [4.78, 5) is 8.61. The van der Waals surface area contributed by atoms with Crippen molar-refractivity contribution in [1.29, 1.82) is 0 Å². The number of nitrogens with zero attached hydrogens (tertiary/aromatic N) is 8. The van der Waals surface area contributed by atoms with E-state index in [1.54, 1.807) is 11.1 Å². The van der Waals surface area contributed by atoms with Crippen molar-refractivity contribution in [3.8, 4) is 11.4 Å². The molecular weight excluding hydrogens is 392 g/mol. The Bertz CT molecular complexity index is 1170. The molecule has 5 rings (SSSR count). The van der Waals surface area contributed by atoms with Crippen LogP contribution in [0.5, 0.6) is 0 Å². The quantitative estimate of drug-likeness (QED) is 0.491. The molecule has 10 nitrogen and oxygen atoms in total. The highest BCUT2D eigenvalue weighted by molar-refractivity contribution is 5.77. The van der Waals surface area contributed by atoms with Gasteiger partial charge in [0, 0.05) is 50.2 Å². The highest BCUT2D eigenvalue weighted by Gasteiger charge is 2.16. The molecule has 4 aromatic rings. The molecule has 0 radical (unpaired) electrons. The van der Waals surface area contributed by atoms with Crippen LogP contribution >= 0.6 is 0 Å². The van der Waals surface area contributed by atoms with Crippen LogP contribution in [0.3, 0.4) is 0 Å². The monoisotopic (exact) mass is 418 g/mol. The summed E-state index contributed by atoms with van der Waals surface area (Å²) in [6.07, 6.45) is 3.56. The minimum Gasteiger partial charge on any atom is -0.338 e. The first kappa shape index (κ1) is 19.6. The first-order valence-corrected chi connectivity index (χ1v) is 10.6. The van der Waals surface area contributed by atoms with Gasteiger partial charge < -0.3 is 10.6 Å². The van der Waals surface area contributed by atoms with Gasteiger partial charge in [0.1, 0.15) is 11.8 Å². The largest absolute Gasteiger partial charge is 0.338 e. The minimum atomic E-state index is 0.167. The lowest BCUT2D eigenvalue weighted by Crippen LogP contribution is -2.42. The summed E-state index contributed by atoms with van der Waals surface area (Å²) < 4.78 is 1.88. The Morgan fingerprint density at radius 1 is 1.16 bits per heavy atom. The number of anilines is 2. The van der Waals surface area contributed by atoms with E-state index in [2.05, 4.69) is 47.1 Å². The third kappa shape index (κ3) is 4.12. The van der Waals surface area contributed by atoms with E-state index in [1.807, 2.05) is 48.8 Å². The first-order chi connectivity index (χ1) is 15.2. The third-order valence-electron chi connectivity index (χ3n) is 5.41. The molecule has 160 valence electrons. The fourth-order valence-electron chi connectivity index (χ4n) is 3.78. The zero-order chi connectivity index (χ0) is 21.2. The molecule has 3 aromatic heterocycles. The van der Waals surface area contributed by atoms with Crippen LogP contribution in [0.4, 0.5) is 11.5 Å². The molecule has 1 saturated heterocycles. The topological polar surface area (TPSA) is 101 Å². The molecular formula is C21H26N10. The van der Waals surface area contributed by atoms with E-state index in [4.69, 9.17) is 0 Å². The van der Waals surface area contributed by atoms with E-state index >= 15 is 0 Å². The van der Waals surface area contributed by atoms with Gasteiger partial charge in [-0.3, -0.25) is 4.90 Å². The van der Waals surface area contributed by atoms with Crippen molar-refractivity contribution in [2.75, 3.05) is 31.5 Å². The molecule has 2 N–H and O–H groups in total. The van der Waals surface area contributed by atoms with E-state index in [-0.39, 0.29) is 6.04 Å². The summed E-state index contributed by atoms with van der Waals surface area (Å²) in [5.41, 5.74) is 4.02. The second-order valence-electron chi connectivity index (χ2n) is 8.00. The number of benzene rings is 1. The molecule has 0 atom stereocenters. The van der Waals surface area contributed by atoms with Crippen molar-refractivity contribution in [2.45, 2.75) is 26.4 Å². The van der Waals surface area contributed by atoms with Crippen molar-refractivity contribution in [3.63, 3.8) is 0 Å². The highest BCUT2D eigenvalue weighted by atomic mass is 15.6. The van der Waals surface area contributed by atoms with Gasteiger partial charge in [-0.05, 0) is 42.8 Å². The van der Waals surface area contributed by atoms with Gasteiger partial charge in [0.25, 0.3) is 0 Å². The fraction of sp³-hybridized carbons (Fsp3) is 0.381. The predicted molar refractivity (Wildman–Crippen MR) is 118 cm³/mol. The molecule has 0 bridgehead atoms. The SMILES string of the molecule is CC(C)n1nnc(-c2cccc(Nc3ncnn4ccc(CN5CCNCC5)c34)c2)n1. The van der Waals surface area contributed by atoms with Crippen LogP contribution in [0, 0.1) is 0 Å². The Balaban J connectivity index is 1.43. The number of hydrogen-bond donors (Lipinski definition) is 2. The summed E-state index contributed by atoms with van der Waals surface area (Å²) in [6, 6.07) is 10.3. The summed E-state index contributed by atoms with van der Waals surface area (Å²) in [6.45, 7) is 9.06. The molecule has 31 heavy (non-hydrogen) atoms. The van der Waals surface area contributed by atoms with Gasteiger partial charge in [-0.25, -0.2) is 9.50 Å². The summed E-state index contributed by atoms with van der Waals surface area (Å²) in [5.74, 6) is 1.38. The van der Waals surface area contributed by atoms with Crippen LogP contribution in [-0.2, 0) is 6.54 Å². The summed E-state index contributed by atoms with van der Waals surface area (Å²) in [7, 11) is 0. The summed E-state index contributed by atoms with van der Waals surface area (Å²) >= 11 is 0. The molecule has 1 aliphatic rings. The van der Waals surface area contributed by atoms with Crippen LogP contribution in [0.2, 0.25) is 0 Å². The lowest BCUT2D eigenvalue weighted by molar-refractivity contribution is 0.234. The van der Waals surface area contributed by atoms with Gasteiger partial charge in [0.15, 0.2) is 5.82 Å². The lowest BCUT2D eigenvalue weighted by Gasteiger charge is -2.27. The minimum absolute atomic E-state index is 0.167. The van der Waals surface area contributed by atoms with E-state index in [9.17, 15) is 0 Å². The highest BCUT2D eigenvalue weighted by Crippen LogP contribution is 2.26. The Hall–Kier alpha value is -3.37. The molecule has 0 unspecified atom stereocenters. The van der Waals surface area contributed by atoms with Gasteiger partial charge in [-0.15, -0.1) is 10.2 Å². The zero-order valence-corrected chi connectivity index (χ0v) is 17.7. The Labute approximate surface area is 180 Å². The molecule has 0 amide bonds. The maximum atomic E-state index is 4.54. The van der Waals surface area contributed by atoms with E-state index in [1.165, 1.54) is 5.56 Å². The number of aromatic nitrogens is 7. The van der Waals surface area contributed by atoms with Gasteiger partial charge in [0.05, 0.1) is 6.04 Å². The zero-order valence-electron chi connectivity index (χ0n) is 17.7. The van der Waals surface area contributed by atoms with E-state index < -0.39 is 0 Å². The number of nitrogens with one attached hydrogen (secondary N) is 2. The standard InChI is InChI=1S/C21H26N10/c1-15(2)31-27-20(26-28-31)16-4-3-5-18(12-16)25-21-19-17(6-9-30(19)24-14-23-21)13-29-10-7-22-8-11-29/h3-6,9,12,14-15,22H,7-8,10-11,13H2,1-2H3,(H,23,24,25). The van der Waals surface area contributed by atoms with Gasteiger partial charge in [0.2, 0.25) is 5.82 Å². The van der Waals surface area contributed by atoms with E-state index in [0.717, 1.165) is 55.3 Å². The van der Waals surface area contributed by atoms with Gasteiger partial charge >= 0.3 is 0 Å². The van der Waals surface area contributed by atoms with Crippen LogP contribution in [0.25, 0.3) is 16.9 Å². The van der Waals surface area contributed by atoms with Crippen LogP contribution in [0.15, 0.2) is 42.9 Å².